The highest BCUT2D eigenvalue weighted by Gasteiger charge is 2.28. The van der Waals surface area contributed by atoms with Gasteiger partial charge in [0.2, 0.25) is 6.79 Å². The molecule has 10 nitrogen and oxygen atoms in total. The van der Waals surface area contributed by atoms with Gasteiger partial charge in [-0.2, -0.15) is 5.10 Å². The molecule has 5 rings (SSSR count). The molecule has 0 radical (unpaired) electrons. The quantitative estimate of drug-likeness (QED) is 0.462. The van der Waals surface area contributed by atoms with Crippen molar-refractivity contribution in [1.82, 2.24) is 14.8 Å². The van der Waals surface area contributed by atoms with Crippen LogP contribution in [0, 0.1) is 0 Å². The van der Waals surface area contributed by atoms with Crippen molar-refractivity contribution in [1.29, 1.82) is 0 Å². The number of rotatable bonds is 8. The largest absolute Gasteiger partial charge is 0.481 e. The summed E-state index contributed by atoms with van der Waals surface area (Å²) >= 11 is 0. The molecule has 1 aromatic carbocycles. The van der Waals surface area contributed by atoms with Gasteiger partial charge in [0, 0.05) is 37.3 Å². The van der Waals surface area contributed by atoms with Crippen LogP contribution in [0.5, 0.6) is 11.5 Å². The van der Waals surface area contributed by atoms with Crippen molar-refractivity contribution in [2.75, 3.05) is 18.7 Å². The van der Waals surface area contributed by atoms with E-state index in [1.54, 1.807) is 29.1 Å². The molecule has 4 heterocycles. The monoisotopic (exact) mass is 463 g/mol. The van der Waals surface area contributed by atoms with E-state index in [1.165, 1.54) is 5.56 Å². The molecule has 176 valence electrons. The number of ether oxygens (including phenoxy) is 2. The number of carboxylic acids is 1. The second kappa shape index (κ2) is 9.05. The van der Waals surface area contributed by atoms with Crippen molar-refractivity contribution in [3.63, 3.8) is 0 Å². The Morgan fingerprint density at radius 3 is 2.88 bits per heavy atom. The molecule has 2 aliphatic rings. The number of hydrogen-bond acceptors (Lipinski definition) is 7. The number of hydrogen-bond donors (Lipinski definition) is 3. The third-order valence-electron chi connectivity index (χ3n) is 6.11. The summed E-state index contributed by atoms with van der Waals surface area (Å²) in [4.78, 5) is 28.6. The number of fused-ring (bicyclic) bond motifs is 2. The number of carbonyl (C=O) groups excluding carboxylic acids is 1. The summed E-state index contributed by atoms with van der Waals surface area (Å²) in [5.74, 6) is -0.314. The van der Waals surface area contributed by atoms with Crippen molar-refractivity contribution in [3.8, 4) is 11.5 Å². The minimum Gasteiger partial charge on any atom is -0.481 e. The van der Waals surface area contributed by atoms with Crippen molar-refractivity contribution >= 4 is 17.7 Å². The van der Waals surface area contributed by atoms with Gasteiger partial charge >= 0.3 is 5.97 Å². The number of aryl methyl sites for hydroxylation is 3. The van der Waals surface area contributed by atoms with E-state index in [-0.39, 0.29) is 18.8 Å². The Bertz CT molecular complexity index is 1250. The molecular weight excluding hydrogens is 438 g/mol. The van der Waals surface area contributed by atoms with Crippen LogP contribution in [0.15, 0.2) is 36.5 Å². The molecule has 3 aromatic rings. The number of nitrogens with one attached hydrogen (secondary N) is 1. The predicted octanol–water partition coefficient (Wildman–Crippen LogP) is 2.31. The van der Waals surface area contributed by atoms with E-state index >= 15 is 0 Å². The molecule has 2 aromatic heterocycles. The zero-order chi connectivity index (χ0) is 23.7. The van der Waals surface area contributed by atoms with E-state index in [0.29, 0.717) is 35.7 Å². The Hall–Kier alpha value is -4.08. The second-order valence-electron chi connectivity index (χ2n) is 8.41. The number of amides is 1. The first-order valence-electron chi connectivity index (χ1n) is 11.2. The Morgan fingerprint density at radius 2 is 2.06 bits per heavy atom. The van der Waals surface area contributed by atoms with Gasteiger partial charge < -0.3 is 25.6 Å². The number of benzene rings is 1. The van der Waals surface area contributed by atoms with Gasteiger partial charge in [-0.15, -0.1) is 0 Å². The number of pyridine rings is 1. The first-order valence-corrected chi connectivity index (χ1v) is 11.2. The average Bonchev–Trinajstić information content (AvgIpc) is 3.47. The summed E-state index contributed by atoms with van der Waals surface area (Å²) < 4.78 is 12.4. The molecule has 0 saturated heterocycles. The van der Waals surface area contributed by atoms with E-state index in [0.717, 1.165) is 30.9 Å². The van der Waals surface area contributed by atoms with Gasteiger partial charge in [-0.05, 0) is 42.2 Å². The smallest absolute Gasteiger partial charge is 0.304 e. The summed E-state index contributed by atoms with van der Waals surface area (Å²) in [5.41, 5.74) is 8.95. The van der Waals surface area contributed by atoms with E-state index < -0.39 is 17.8 Å². The third kappa shape index (κ3) is 4.39. The lowest BCUT2D eigenvalue weighted by atomic mass is 9.90. The number of aliphatic carboxylic acids is 1. The molecule has 1 atom stereocenters. The SMILES string of the molecule is NC(=O)c1cn(CCc2ccc3c(n2)NCCC3)nc1C(CC(=O)O)c1ccc2c(c1)OCO2. The standard InChI is InChI=1S/C24H25N5O5/c25-23(32)18-12-29(9-7-16-5-3-14-2-1-8-26-24(14)27-16)28-22(18)17(11-21(30)31)15-4-6-19-20(10-15)34-13-33-19/h3-6,10,12,17H,1-2,7-9,11,13H2,(H2,25,32)(H,26,27)(H,30,31). The highest BCUT2D eigenvalue weighted by Crippen LogP contribution is 2.38. The van der Waals surface area contributed by atoms with Crippen LogP contribution in [0.4, 0.5) is 5.82 Å². The van der Waals surface area contributed by atoms with E-state index in [2.05, 4.69) is 16.5 Å². The number of nitrogens with zero attached hydrogens (tertiary/aromatic N) is 3. The molecule has 1 amide bonds. The van der Waals surface area contributed by atoms with Gasteiger partial charge in [0.1, 0.15) is 5.82 Å². The molecule has 2 aliphatic heterocycles. The van der Waals surface area contributed by atoms with Crippen molar-refractivity contribution in [2.45, 2.75) is 38.1 Å². The number of anilines is 1. The summed E-state index contributed by atoms with van der Waals surface area (Å²) in [6.07, 6.45) is 4.04. The fraction of sp³-hybridized carbons (Fsp3) is 0.333. The molecule has 4 N–H and O–H groups in total. The molecular formula is C24H25N5O5. The van der Waals surface area contributed by atoms with Gasteiger partial charge in [-0.3, -0.25) is 14.3 Å². The van der Waals surface area contributed by atoms with Crippen molar-refractivity contribution in [2.24, 2.45) is 5.73 Å². The number of carbonyl (C=O) groups is 2. The van der Waals surface area contributed by atoms with E-state index in [4.69, 9.17) is 20.2 Å². The maximum absolute atomic E-state index is 12.2. The summed E-state index contributed by atoms with van der Waals surface area (Å²) in [6, 6.07) is 9.31. The van der Waals surface area contributed by atoms with Crippen LogP contribution < -0.4 is 20.5 Å². The molecule has 10 heteroatoms. The number of primary amides is 1. The predicted molar refractivity (Wildman–Crippen MR) is 122 cm³/mol. The molecule has 0 saturated carbocycles. The van der Waals surface area contributed by atoms with Gasteiger partial charge in [0.15, 0.2) is 11.5 Å². The van der Waals surface area contributed by atoms with Gasteiger partial charge in [0.05, 0.1) is 17.7 Å². The van der Waals surface area contributed by atoms with E-state index in [1.807, 2.05) is 6.07 Å². The van der Waals surface area contributed by atoms with E-state index in [9.17, 15) is 14.7 Å². The first kappa shape index (κ1) is 21.7. The fourth-order valence-electron chi connectivity index (χ4n) is 4.41. The Labute approximate surface area is 195 Å². The van der Waals surface area contributed by atoms with Crippen LogP contribution in [0.2, 0.25) is 0 Å². The minimum absolute atomic E-state index is 0.107. The van der Waals surface area contributed by atoms with Gasteiger partial charge in [-0.1, -0.05) is 12.1 Å². The lowest BCUT2D eigenvalue weighted by Gasteiger charge is -2.17. The summed E-state index contributed by atoms with van der Waals surface area (Å²) in [6.45, 7) is 1.49. The number of carboxylic acid groups (broad SMARTS) is 1. The molecule has 0 aliphatic carbocycles. The Kier molecular flexibility index (Phi) is 5.79. The highest BCUT2D eigenvalue weighted by molar-refractivity contribution is 5.94. The molecule has 1 unspecified atom stereocenters. The second-order valence-corrected chi connectivity index (χ2v) is 8.41. The van der Waals surface area contributed by atoms with Crippen LogP contribution in [0.3, 0.4) is 0 Å². The normalized spacial score (nSPS) is 14.8. The lowest BCUT2D eigenvalue weighted by Crippen LogP contribution is -2.16. The topological polar surface area (TPSA) is 142 Å². The average molecular weight is 463 g/mol. The summed E-state index contributed by atoms with van der Waals surface area (Å²) in [5, 5.41) is 17.5. The van der Waals surface area contributed by atoms with Crippen LogP contribution in [0.25, 0.3) is 0 Å². The van der Waals surface area contributed by atoms with Gasteiger partial charge in [0.25, 0.3) is 5.91 Å². The molecule has 0 fully saturated rings. The van der Waals surface area contributed by atoms with Crippen LogP contribution in [-0.2, 0) is 24.2 Å². The van der Waals surface area contributed by atoms with Crippen LogP contribution >= 0.6 is 0 Å². The highest BCUT2D eigenvalue weighted by atomic mass is 16.7. The number of aromatic nitrogens is 3. The van der Waals surface area contributed by atoms with Crippen LogP contribution in [0.1, 0.15) is 51.6 Å². The molecule has 0 spiro atoms. The maximum Gasteiger partial charge on any atom is 0.304 e. The molecule has 0 bridgehead atoms. The summed E-state index contributed by atoms with van der Waals surface area (Å²) in [7, 11) is 0. The first-order chi connectivity index (χ1) is 16.5. The van der Waals surface area contributed by atoms with Crippen molar-refractivity contribution < 1.29 is 24.2 Å². The fourth-order valence-corrected chi connectivity index (χ4v) is 4.41. The van der Waals surface area contributed by atoms with Crippen LogP contribution in [-0.4, -0.2) is 45.1 Å². The van der Waals surface area contributed by atoms with Gasteiger partial charge in [-0.25, -0.2) is 4.98 Å². The third-order valence-corrected chi connectivity index (χ3v) is 6.11. The number of nitrogens with two attached hydrogens (primary N) is 1. The van der Waals surface area contributed by atoms with Crippen molar-refractivity contribution in [3.05, 3.63) is 64.6 Å². The minimum atomic E-state index is -1.02. The zero-order valence-corrected chi connectivity index (χ0v) is 18.5. The molecule has 34 heavy (non-hydrogen) atoms. The Morgan fingerprint density at radius 1 is 1.21 bits per heavy atom. The maximum atomic E-state index is 12.2. The lowest BCUT2D eigenvalue weighted by molar-refractivity contribution is -0.137. The Balaban J connectivity index is 1.42. The zero-order valence-electron chi connectivity index (χ0n) is 18.5.